The lowest BCUT2D eigenvalue weighted by Gasteiger charge is -2.15. The molecule has 0 aliphatic rings. The molecule has 0 radical (unpaired) electrons. The van der Waals surface area contributed by atoms with Crippen LogP contribution in [0.5, 0.6) is 0 Å². The number of para-hydroxylation sites is 2. The average Bonchev–Trinajstić information content (AvgIpc) is 3.80. The van der Waals surface area contributed by atoms with Gasteiger partial charge in [0.15, 0.2) is 17.5 Å². The van der Waals surface area contributed by atoms with E-state index in [9.17, 15) is 0 Å². The van der Waals surface area contributed by atoms with Crippen molar-refractivity contribution in [2.45, 2.75) is 0 Å². The van der Waals surface area contributed by atoms with Crippen molar-refractivity contribution in [1.29, 1.82) is 0 Å². The van der Waals surface area contributed by atoms with Gasteiger partial charge in [-0.05, 0) is 70.8 Å². The Morgan fingerprint density at radius 2 is 0.759 bits per heavy atom. The largest absolute Gasteiger partial charge is 0.309 e. The van der Waals surface area contributed by atoms with Crippen LogP contribution in [-0.2, 0) is 0 Å². The highest BCUT2D eigenvalue weighted by molar-refractivity contribution is 6.22. The summed E-state index contributed by atoms with van der Waals surface area (Å²) < 4.78 is 4.92. The smallest absolute Gasteiger partial charge is 0.164 e. The minimum absolute atomic E-state index is 0.633. The van der Waals surface area contributed by atoms with Crippen LogP contribution >= 0.6 is 0 Å². The summed E-state index contributed by atoms with van der Waals surface area (Å²) in [4.78, 5) is 14.9. The molecule has 5 heteroatoms. The van der Waals surface area contributed by atoms with Gasteiger partial charge in [-0.2, -0.15) is 0 Å². The van der Waals surface area contributed by atoms with E-state index in [0.29, 0.717) is 17.5 Å². The van der Waals surface area contributed by atoms with Gasteiger partial charge in [-0.15, -0.1) is 0 Å². The zero-order chi connectivity index (χ0) is 38.2. The Bertz CT molecular complexity index is 3490. The van der Waals surface area contributed by atoms with Crippen molar-refractivity contribution in [3.05, 3.63) is 200 Å². The standard InChI is InChI=1S/C53H33N5/c1-3-15-34(16-4-1)51-54-52(35-17-5-2-6-18-35)56-53(55-51)36-27-29-40(30-28-36)57-46-26-14-12-24-43(46)49-48(57)33-39-21-9-10-22-41(39)50(49)58-45-25-13-11-23-42(45)44-31-37-19-7-8-20-38(37)32-47(44)58/h1-33H. The minimum Gasteiger partial charge on any atom is -0.309 e. The summed E-state index contributed by atoms with van der Waals surface area (Å²) in [6.45, 7) is 0. The molecule has 5 nitrogen and oxygen atoms in total. The van der Waals surface area contributed by atoms with Gasteiger partial charge in [-0.25, -0.2) is 15.0 Å². The molecular weight excluding hydrogens is 707 g/mol. The van der Waals surface area contributed by atoms with Crippen LogP contribution in [0.15, 0.2) is 200 Å². The Balaban J connectivity index is 1.10. The van der Waals surface area contributed by atoms with E-state index in [0.717, 1.165) is 33.4 Å². The summed E-state index contributed by atoms with van der Waals surface area (Å²) in [5.41, 5.74) is 9.74. The van der Waals surface area contributed by atoms with Crippen molar-refractivity contribution < 1.29 is 0 Å². The molecule has 270 valence electrons. The van der Waals surface area contributed by atoms with Crippen LogP contribution in [0.25, 0.3) is 111 Å². The molecule has 3 aromatic heterocycles. The second kappa shape index (κ2) is 12.8. The van der Waals surface area contributed by atoms with Gasteiger partial charge in [0.05, 0.1) is 27.8 Å². The molecule has 9 aromatic carbocycles. The van der Waals surface area contributed by atoms with Gasteiger partial charge in [0, 0.05) is 49.3 Å². The Labute approximate surface area is 333 Å². The Morgan fingerprint density at radius 1 is 0.293 bits per heavy atom. The zero-order valence-electron chi connectivity index (χ0n) is 31.3. The molecular formula is C53H33N5. The van der Waals surface area contributed by atoms with E-state index in [1.807, 2.05) is 60.7 Å². The van der Waals surface area contributed by atoms with Crippen LogP contribution in [-0.4, -0.2) is 24.1 Å². The summed E-state index contributed by atoms with van der Waals surface area (Å²) in [7, 11) is 0. The first-order valence-corrected chi connectivity index (χ1v) is 19.6. The Morgan fingerprint density at radius 3 is 1.40 bits per heavy atom. The molecule has 0 saturated heterocycles. The van der Waals surface area contributed by atoms with Gasteiger partial charge in [-0.3, -0.25) is 0 Å². The van der Waals surface area contributed by atoms with E-state index in [2.05, 4.69) is 149 Å². The highest BCUT2D eigenvalue weighted by Gasteiger charge is 2.23. The zero-order valence-corrected chi connectivity index (χ0v) is 31.3. The fraction of sp³-hybridized carbons (Fsp3) is 0. The van der Waals surface area contributed by atoms with Gasteiger partial charge < -0.3 is 9.13 Å². The quantitative estimate of drug-likeness (QED) is 0.177. The first-order chi connectivity index (χ1) is 28.8. The van der Waals surface area contributed by atoms with Gasteiger partial charge >= 0.3 is 0 Å². The maximum Gasteiger partial charge on any atom is 0.164 e. The van der Waals surface area contributed by atoms with Gasteiger partial charge in [0.2, 0.25) is 0 Å². The third kappa shape index (κ3) is 5.00. The second-order valence-corrected chi connectivity index (χ2v) is 14.8. The van der Waals surface area contributed by atoms with E-state index in [4.69, 9.17) is 15.0 Å². The summed E-state index contributed by atoms with van der Waals surface area (Å²) in [5.74, 6) is 1.93. The van der Waals surface area contributed by atoms with Crippen molar-refractivity contribution >= 4 is 65.2 Å². The second-order valence-electron chi connectivity index (χ2n) is 14.8. The molecule has 0 N–H and O–H groups in total. The molecule has 12 rings (SSSR count). The fourth-order valence-electron chi connectivity index (χ4n) is 8.87. The van der Waals surface area contributed by atoms with Crippen LogP contribution in [0.4, 0.5) is 0 Å². The van der Waals surface area contributed by atoms with Crippen LogP contribution in [0.1, 0.15) is 0 Å². The minimum atomic E-state index is 0.633. The molecule has 0 amide bonds. The highest BCUT2D eigenvalue weighted by Crippen LogP contribution is 2.44. The maximum absolute atomic E-state index is 5.00. The first-order valence-electron chi connectivity index (χ1n) is 19.6. The normalized spacial score (nSPS) is 11.8. The van der Waals surface area contributed by atoms with Gasteiger partial charge in [0.25, 0.3) is 0 Å². The molecule has 58 heavy (non-hydrogen) atoms. The van der Waals surface area contributed by atoms with Crippen LogP contribution in [0.2, 0.25) is 0 Å². The van der Waals surface area contributed by atoms with Gasteiger partial charge in [0.1, 0.15) is 0 Å². The monoisotopic (exact) mass is 739 g/mol. The van der Waals surface area contributed by atoms with E-state index in [1.54, 1.807) is 0 Å². The molecule has 0 fully saturated rings. The molecule has 0 aliphatic carbocycles. The number of hydrogen-bond acceptors (Lipinski definition) is 3. The molecule has 3 heterocycles. The summed E-state index contributed by atoms with van der Waals surface area (Å²) in [6.07, 6.45) is 0. The molecule has 0 saturated carbocycles. The number of fused-ring (bicyclic) bond motifs is 8. The van der Waals surface area contributed by atoms with Crippen molar-refractivity contribution in [3.8, 4) is 45.5 Å². The molecule has 0 bridgehead atoms. The number of hydrogen-bond donors (Lipinski definition) is 0. The number of benzene rings is 9. The van der Waals surface area contributed by atoms with Crippen LogP contribution in [0.3, 0.4) is 0 Å². The lowest BCUT2D eigenvalue weighted by molar-refractivity contribution is 1.07. The number of rotatable bonds is 5. The third-order valence-corrected chi connectivity index (χ3v) is 11.5. The third-order valence-electron chi connectivity index (χ3n) is 11.5. The Hall–Kier alpha value is -7.89. The van der Waals surface area contributed by atoms with Crippen molar-refractivity contribution in [2.75, 3.05) is 0 Å². The summed E-state index contributed by atoms with van der Waals surface area (Å²) in [5, 5.41) is 9.77. The highest BCUT2D eigenvalue weighted by atomic mass is 15.0. The van der Waals surface area contributed by atoms with Crippen LogP contribution < -0.4 is 0 Å². The maximum atomic E-state index is 5.00. The summed E-state index contributed by atoms with van der Waals surface area (Å²) >= 11 is 0. The molecule has 0 unspecified atom stereocenters. The Kier molecular flexibility index (Phi) is 7.16. The van der Waals surface area contributed by atoms with E-state index in [1.165, 1.54) is 59.8 Å². The molecule has 0 atom stereocenters. The number of aromatic nitrogens is 5. The van der Waals surface area contributed by atoms with Crippen molar-refractivity contribution in [2.24, 2.45) is 0 Å². The predicted molar refractivity (Wildman–Crippen MR) is 240 cm³/mol. The van der Waals surface area contributed by atoms with Crippen molar-refractivity contribution in [3.63, 3.8) is 0 Å². The summed E-state index contributed by atoms with van der Waals surface area (Å²) in [6, 6.07) is 71.1. The lowest BCUT2D eigenvalue weighted by atomic mass is 10.0. The van der Waals surface area contributed by atoms with E-state index >= 15 is 0 Å². The fourth-order valence-corrected chi connectivity index (χ4v) is 8.87. The van der Waals surface area contributed by atoms with E-state index in [-0.39, 0.29) is 0 Å². The lowest BCUT2D eigenvalue weighted by Crippen LogP contribution is -2.00. The SMILES string of the molecule is c1ccc(-c2nc(-c3ccccc3)nc(-c3ccc(-n4c5ccccc5c5c(-n6c7ccccc7c7cc8ccccc8cc76)c6ccccc6cc54)cc3)n2)cc1. The number of nitrogens with zero attached hydrogens (tertiary/aromatic N) is 5. The van der Waals surface area contributed by atoms with Gasteiger partial charge in [-0.1, -0.05) is 146 Å². The van der Waals surface area contributed by atoms with E-state index < -0.39 is 0 Å². The average molecular weight is 740 g/mol. The van der Waals surface area contributed by atoms with Crippen molar-refractivity contribution in [1.82, 2.24) is 24.1 Å². The topological polar surface area (TPSA) is 48.5 Å². The predicted octanol–water partition coefficient (Wildman–Crippen LogP) is 13.4. The molecule has 0 spiro atoms. The van der Waals surface area contributed by atoms with Crippen LogP contribution in [0, 0.1) is 0 Å². The molecule has 0 aliphatic heterocycles. The first kappa shape index (κ1) is 32.4. The molecule has 12 aromatic rings.